The molecule has 1 aromatic carbocycles. The largest absolute Gasteiger partial charge is 0.492 e. The fourth-order valence-corrected chi connectivity index (χ4v) is 2.25. The Balaban J connectivity index is 2.96. The first-order chi connectivity index (χ1) is 7.61. The predicted molar refractivity (Wildman–Crippen MR) is 70.2 cm³/mol. The number of benzene rings is 1. The summed E-state index contributed by atoms with van der Waals surface area (Å²) in [6.45, 7) is 4.61. The van der Waals surface area contributed by atoms with Crippen LogP contribution in [0.25, 0.3) is 0 Å². The first-order valence-electron chi connectivity index (χ1n) is 5.33. The molecule has 0 heterocycles. The second kappa shape index (κ2) is 6.48. The van der Waals surface area contributed by atoms with Gasteiger partial charge in [-0.05, 0) is 40.9 Å². The van der Waals surface area contributed by atoms with Gasteiger partial charge in [0.25, 0.3) is 0 Å². The molecule has 0 unspecified atom stereocenters. The van der Waals surface area contributed by atoms with Crippen molar-refractivity contribution in [2.24, 2.45) is 0 Å². The van der Waals surface area contributed by atoms with Crippen molar-refractivity contribution in [3.05, 3.63) is 26.7 Å². The van der Waals surface area contributed by atoms with Crippen molar-refractivity contribution in [1.82, 2.24) is 0 Å². The third-order valence-corrected chi connectivity index (χ3v) is 3.75. The maximum atomic E-state index is 9.25. The van der Waals surface area contributed by atoms with Crippen LogP contribution in [0.2, 0.25) is 5.02 Å². The van der Waals surface area contributed by atoms with Crippen molar-refractivity contribution >= 4 is 27.5 Å². The first-order valence-corrected chi connectivity index (χ1v) is 6.50. The summed E-state index contributed by atoms with van der Waals surface area (Å²) in [7, 11) is 0. The van der Waals surface area contributed by atoms with Gasteiger partial charge in [0.15, 0.2) is 0 Å². The zero-order valence-electron chi connectivity index (χ0n) is 9.52. The minimum Gasteiger partial charge on any atom is -0.492 e. The molecule has 0 aliphatic carbocycles. The highest BCUT2D eigenvalue weighted by Gasteiger charge is 2.13. The van der Waals surface area contributed by atoms with Gasteiger partial charge in [-0.3, -0.25) is 0 Å². The number of halogens is 2. The topological polar surface area (TPSA) is 29.5 Å². The maximum absolute atomic E-state index is 9.25. The van der Waals surface area contributed by atoms with Crippen LogP contribution in [0.1, 0.15) is 30.9 Å². The van der Waals surface area contributed by atoms with Gasteiger partial charge in [-0.15, -0.1) is 0 Å². The summed E-state index contributed by atoms with van der Waals surface area (Å²) in [6.07, 6.45) is 2.11. The monoisotopic (exact) mass is 306 g/mol. The quantitative estimate of drug-likeness (QED) is 0.831. The Kier molecular flexibility index (Phi) is 5.59. The average Bonchev–Trinajstić information content (AvgIpc) is 2.26. The van der Waals surface area contributed by atoms with E-state index in [4.69, 9.17) is 16.3 Å². The fourth-order valence-electron chi connectivity index (χ4n) is 1.38. The average molecular weight is 308 g/mol. The molecule has 16 heavy (non-hydrogen) atoms. The standard InChI is InChI=1S/C12H16BrClO2/c1-3-4-5-16-10-6-8(2)12(14)9(7-15)11(10)13/h6,15H,3-5,7H2,1-2H3. The fraction of sp³-hybridized carbons (Fsp3) is 0.500. The van der Waals surface area contributed by atoms with Gasteiger partial charge in [0.2, 0.25) is 0 Å². The van der Waals surface area contributed by atoms with E-state index >= 15 is 0 Å². The number of unbranched alkanes of at least 4 members (excludes halogenated alkanes) is 1. The van der Waals surface area contributed by atoms with E-state index in [1.165, 1.54) is 0 Å². The van der Waals surface area contributed by atoms with Crippen LogP contribution in [0.15, 0.2) is 10.5 Å². The Morgan fingerprint density at radius 2 is 2.19 bits per heavy atom. The summed E-state index contributed by atoms with van der Waals surface area (Å²) < 4.78 is 6.39. The lowest BCUT2D eigenvalue weighted by molar-refractivity contribution is 0.277. The van der Waals surface area contributed by atoms with Gasteiger partial charge < -0.3 is 9.84 Å². The SMILES string of the molecule is CCCCOc1cc(C)c(Cl)c(CO)c1Br. The minimum absolute atomic E-state index is 0.0920. The van der Waals surface area contributed by atoms with E-state index < -0.39 is 0 Å². The number of ether oxygens (including phenoxy) is 1. The molecule has 0 bridgehead atoms. The third kappa shape index (κ3) is 3.12. The summed E-state index contributed by atoms with van der Waals surface area (Å²) in [4.78, 5) is 0. The second-order valence-electron chi connectivity index (χ2n) is 3.66. The van der Waals surface area contributed by atoms with Gasteiger partial charge >= 0.3 is 0 Å². The number of aliphatic hydroxyl groups is 1. The van der Waals surface area contributed by atoms with Crippen LogP contribution in [0, 0.1) is 6.92 Å². The summed E-state index contributed by atoms with van der Waals surface area (Å²) in [6, 6.07) is 1.89. The molecule has 1 rings (SSSR count). The van der Waals surface area contributed by atoms with Crippen LogP contribution in [-0.2, 0) is 6.61 Å². The molecule has 4 heteroatoms. The number of aryl methyl sites for hydroxylation is 1. The van der Waals surface area contributed by atoms with Crippen molar-refractivity contribution in [1.29, 1.82) is 0 Å². The van der Waals surface area contributed by atoms with Crippen molar-refractivity contribution in [2.75, 3.05) is 6.61 Å². The Labute approximate surface area is 110 Å². The van der Waals surface area contributed by atoms with E-state index in [1.54, 1.807) is 0 Å². The van der Waals surface area contributed by atoms with Crippen LogP contribution in [0.4, 0.5) is 0 Å². The first kappa shape index (κ1) is 13.8. The van der Waals surface area contributed by atoms with Crippen LogP contribution in [0.5, 0.6) is 5.75 Å². The lowest BCUT2D eigenvalue weighted by Crippen LogP contribution is -2.00. The summed E-state index contributed by atoms with van der Waals surface area (Å²) >= 11 is 9.50. The molecule has 90 valence electrons. The Hall–Kier alpha value is -0.250. The lowest BCUT2D eigenvalue weighted by Gasteiger charge is -2.13. The lowest BCUT2D eigenvalue weighted by atomic mass is 10.1. The number of aliphatic hydroxyl groups excluding tert-OH is 1. The molecule has 0 spiro atoms. The highest BCUT2D eigenvalue weighted by Crippen LogP contribution is 2.36. The molecule has 0 aliphatic rings. The molecule has 0 aromatic heterocycles. The molecule has 1 N–H and O–H groups in total. The van der Waals surface area contributed by atoms with Crippen molar-refractivity contribution in [3.8, 4) is 5.75 Å². The summed E-state index contributed by atoms with van der Waals surface area (Å²) in [5.41, 5.74) is 1.61. The molecule has 0 aliphatic heterocycles. The Bertz CT molecular complexity index is 367. The van der Waals surface area contributed by atoms with E-state index in [1.807, 2.05) is 13.0 Å². The Morgan fingerprint density at radius 1 is 1.50 bits per heavy atom. The van der Waals surface area contributed by atoms with E-state index in [9.17, 15) is 5.11 Å². The second-order valence-corrected chi connectivity index (χ2v) is 4.83. The van der Waals surface area contributed by atoms with Gasteiger partial charge in [0, 0.05) is 5.56 Å². The zero-order chi connectivity index (χ0) is 12.1. The van der Waals surface area contributed by atoms with Gasteiger partial charge in [-0.25, -0.2) is 0 Å². The summed E-state index contributed by atoms with van der Waals surface area (Å²) in [5, 5.41) is 9.84. The molecule has 0 fully saturated rings. The molecule has 0 saturated heterocycles. The normalized spacial score (nSPS) is 10.6. The predicted octanol–water partition coefficient (Wildman–Crippen LogP) is 4.08. The highest BCUT2D eigenvalue weighted by atomic mass is 79.9. The van der Waals surface area contributed by atoms with Crippen molar-refractivity contribution < 1.29 is 9.84 Å². The smallest absolute Gasteiger partial charge is 0.134 e. The van der Waals surface area contributed by atoms with Crippen LogP contribution < -0.4 is 4.74 Å². The third-order valence-electron chi connectivity index (χ3n) is 2.35. The zero-order valence-corrected chi connectivity index (χ0v) is 11.9. The van der Waals surface area contributed by atoms with Crippen LogP contribution in [-0.4, -0.2) is 11.7 Å². The summed E-state index contributed by atoms with van der Waals surface area (Å²) in [5.74, 6) is 0.749. The van der Waals surface area contributed by atoms with Gasteiger partial charge in [0.05, 0.1) is 22.7 Å². The van der Waals surface area contributed by atoms with Gasteiger partial charge in [-0.1, -0.05) is 24.9 Å². The van der Waals surface area contributed by atoms with Gasteiger partial charge in [-0.2, -0.15) is 0 Å². The molecule has 0 amide bonds. The molecular weight excluding hydrogens is 291 g/mol. The maximum Gasteiger partial charge on any atom is 0.134 e. The van der Waals surface area contributed by atoms with Crippen LogP contribution >= 0.6 is 27.5 Å². The molecule has 0 saturated carbocycles. The molecule has 1 aromatic rings. The number of hydrogen-bond donors (Lipinski definition) is 1. The van der Waals surface area contributed by atoms with Gasteiger partial charge in [0.1, 0.15) is 5.75 Å². The molecular formula is C12H16BrClO2. The number of rotatable bonds is 5. The van der Waals surface area contributed by atoms with Crippen molar-refractivity contribution in [2.45, 2.75) is 33.3 Å². The van der Waals surface area contributed by atoms with E-state index in [2.05, 4.69) is 22.9 Å². The Morgan fingerprint density at radius 3 is 2.75 bits per heavy atom. The van der Waals surface area contributed by atoms with E-state index in [0.717, 1.165) is 28.6 Å². The molecule has 0 atom stereocenters. The molecule has 2 nitrogen and oxygen atoms in total. The highest BCUT2D eigenvalue weighted by molar-refractivity contribution is 9.10. The van der Waals surface area contributed by atoms with Crippen molar-refractivity contribution in [3.63, 3.8) is 0 Å². The minimum atomic E-state index is -0.0920. The molecule has 0 radical (unpaired) electrons. The number of hydrogen-bond acceptors (Lipinski definition) is 2. The van der Waals surface area contributed by atoms with E-state index in [0.29, 0.717) is 17.2 Å². The van der Waals surface area contributed by atoms with Crippen LogP contribution in [0.3, 0.4) is 0 Å². The van der Waals surface area contributed by atoms with E-state index in [-0.39, 0.29) is 6.61 Å².